The van der Waals surface area contributed by atoms with Gasteiger partial charge in [0, 0.05) is 16.3 Å². The second kappa shape index (κ2) is 3.37. The standard InChI is InChI=1S/C14H7N3/c15-7-9-3-2-6-12-13(9)11-5-1-4-10(8-16)14(11)17-12/h1-6,17H. The molecule has 3 aromatic rings. The van der Waals surface area contributed by atoms with Gasteiger partial charge in [0.2, 0.25) is 0 Å². The van der Waals surface area contributed by atoms with Gasteiger partial charge in [-0.3, -0.25) is 0 Å². The molecule has 0 atom stereocenters. The summed E-state index contributed by atoms with van der Waals surface area (Å²) in [7, 11) is 0. The second-order valence-corrected chi connectivity index (χ2v) is 3.80. The van der Waals surface area contributed by atoms with Crippen LogP contribution >= 0.6 is 0 Å². The van der Waals surface area contributed by atoms with Crippen LogP contribution in [0.4, 0.5) is 0 Å². The van der Waals surface area contributed by atoms with E-state index in [1.807, 2.05) is 24.3 Å². The predicted octanol–water partition coefficient (Wildman–Crippen LogP) is 3.06. The van der Waals surface area contributed by atoms with Crippen molar-refractivity contribution in [1.82, 2.24) is 4.98 Å². The Morgan fingerprint density at radius 1 is 0.882 bits per heavy atom. The van der Waals surface area contributed by atoms with Crippen LogP contribution in [-0.2, 0) is 0 Å². The van der Waals surface area contributed by atoms with E-state index in [0.29, 0.717) is 11.1 Å². The lowest BCUT2D eigenvalue weighted by molar-refractivity contribution is 1.47. The van der Waals surface area contributed by atoms with Crippen molar-refractivity contribution in [3.63, 3.8) is 0 Å². The fraction of sp³-hybridized carbons (Fsp3) is 0. The van der Waals surface area contributed by atoms with Crippen LogP contribution in [0, 0.1) is 22.7 Å². The third-order valence-corrected chi connectivity index (χ3v) is 2.90. The number of aromatic amines is 1. The molecule has 0 aliphatic carbocycles. The van der Waals surface area contributed by atoms with Crippen molar-refractivity contribution in [2.45, 2.75) is 0 Å². The number of H-pyrrole nitrogens is 1. The summed E-state index contributed by atoms with van der Waals surface area (Å²) >= 11 is 0. The summed E-state index contributed by atoms with van der Waals surface area (Å²) in [6, 6.07) is 15.4. The summed E-state index contributed by atoms with van der Waals surface area (Å²) in [5.41, 5.74) is 2.92. The van der Waals surface area contributed by atoms with Crippen molar-refractivity contribution < 1.29 is 0 Å². The van der Waals surface area contributed by atoms with Crippen LogP contribution in [0.1, 0.15) is 11.1 Å². The topological polar surface area (TPSA) is 63.4 Å². The molecule has 3 rings (SSSR count). The highest BCUT2D eigenvalue weighted by Crippen LogP contribution is 2.29. The Morgan fingerprint density at radius 3 is 2.35 bits per heavy atom. The summed E-state index contributed by atoms with van der Waals surface area (Å²) in [5, 5.41) is 20.0. The Balaban J connectivity index is 2.62. The van der Waals surface area contributed by atoms with E-state index in [2.05, 4.69) is 17.1 Å². The second-order valence-electron chi connectivity index (χ2n) is 3.80. The van der Waals surface area contributed by atoms with Crippen molar-refractivity contribution in [3.8, 4) is 12.1 Å². The van der Waals surface area contributed by atoms with E-state index in [-0.39, 0.29) is 0 Å². The Hall–Kier alpha value is -2.78. The highest BCUT2D eigenvalue weighted by atomic mass is 14.7. The predicted molar refractivity (Wildman–Crippen MR) is 65.2 cm³/mol. The first-order valence-electron chi connectivity index (χ1n) is 5.19. The molecular formula is C14H7N3. The first kappa shape index (κ1) is 9.45. The number of rotatable bonds is 0. The maximum Gasteiger partial charge on any atom is 0.101 e. The highest BCUT2D eigenvalue weighted by Gasteiger charge is 2.10. The number of fused-ring (bicyclic) bond motifs is 3. The van der Waals surface area contributed by atoms with E-state index in [4.69, 9.17) is 10.5 Å². The average molecular weight is 217 g/mol. The summed E-state index contributed by atoms with van der Waals surface area (Å²) in [6.07, 6.45) is 0. The number of nitriles is 2. The zero-order valence-corrected chi connectivity index (χ0v) is 8.86. The molecule has 0 aliphatic rings. The largest absolute Gasteiger partial charge is 0.353 e. The smallest absolute Gasteiger partial charge is 0.101 e. The van der Waals surface area contributed by atoms with Gasteiger partial charge in [-0.2, -0.15) is 10.5 Å². The van der Waals surface area contributed by atoms with Gasteiger partial charge in [-0.1, -0.05) is 18.2 Å². The quantitative estimate of drug-likeness (QED) is 0.629. The van der Waals surface area contributed by atoms with Crippen molar-refractivity contribution in [1.29, 1.82) is 10.5 Å². The Bertz CT molecular complexity index is 813. The molecule has 0 amide bonds. The summed E-state index contributed by atoms with van der Waals surface area (Å²) < 4.78 is 0. The monoisotopic (exact) mass is 217 g/mol. The molecule has 0 fully saturated rings. The molecule has 2 aromatic carbocycles. The third-order valence-electron chi connectivity index (χ3n) is 2.90. The lowest BCUT2D eigenvalue weighted by atomic mass is 10.1. The normalized spacial score (nSPS) is 10.2. The maximum absolute atomic E-state index is 9.11. The number of para-hydroxylation sites is 1. The third kappa shape index (κ3) is 1.20. The van der Waals surface area contributed by atoms with Gasteiger partial charge in [0.15, 0.2) is 0 Å². The zero-order chi connectivity index (χ0) is 11.8. The number of nitrogens with one attached hydrogen (secondary N) is 1. The molecule has 0 aliphatic heterocycles. The van der Waals surface area contributed by atoms with Crippen LogP contribution in [-0.4, -0.2) is 4.98 Å². The fourth-order valence-corrected chi connectivity index (χ4v) is 2.16. The van der Waals surface area contributed by atoms with Gasteiger partial charge < -0.3 is 4.98 Å². The Kier molecular flexibility index (Phi) is 1.87. The summed E-state index contributed by atoms with van der Waals surface area (Å²) in [6.45, 7) is 0. The number of benzene rings is 2. The van der Waals surface area contributed by atoms with E-state index in [1.165, 1.54) is 0 Å². The average Bonchev–Trinajstić information content (AvgIpc) is 2.76. The summed E-state index contributed by atoms with van der Waals surface area (Å²) in [4.78, 5) is 3.20. The minimum Gasteiger partial charge on any atom is -0.353 e. The number of nitrogens with zero attached hydrogens (tertiary/aromatic N) is 2. The fourth-order valence-electron chi connectivity index (χ4n) is 2.16. The van der Waals surface area contributed by atoms with E-state index in [0.717, 1.165) is 21.8 Å². The van der Waals surface area contributed by atoms with Crippen LogP contribution in [0.25, 0.3) is 21.8 Å². The van der Waals surface area contributed by atoms with Crippen LogP contribution < -0.4 is 0 Å². The van der Waals surface area contributed by atoms with Gasteiger partial charge >= 0.3 is 0 Å². The highest BCUT2D eigenvalue weighted by molar-refractivity contribution is 6.11. The maximum atomic E-state index is 9.11. The number of aromatic nitrogens is 1. The van der Waals surface area contributed by atoms with Gasteiger partial charge in [-0.15, -0.1) is 0 Å². The first-order valence-corrected chi connectivity index (χ1v) is 5.19. The van der Waals surface area contributed by atoms with Gasteiger partial charge in [0.05, 0.1) is 22.7 Å². The van der Waals surface area contributed by atoms with Crippen molar-refractivity contribution in [3.05, 3.63) is 47.5 Å². The van der Waals surface area contributed by atoms with Gasteiger partial charge in [-0.25, -0.2) is 0 Å². The molecule has 0 radical (unpaired) electrons. The van der Waals surface area contributed by atoms with Crippen LogP contribution in [0.5, 0.6) is 0 Å². The molecule has 17 heavy (non-hydrogen) atoms. The molecular weight excluding hydrogens is 210 g/mol. The lowest BCUT2D eigenvalue weighted by Gasteiger charge is -1.94. The van der Waals surface area contributed by atoms with Crippen LogP contribution in [0.3, 0.4) is 0 Å². The molecule has 1 N–H and O–H groups in total. The molecule has 0 saturated heterocycles. The SMILES string of the molecule is N#Cc1cccc2c1[nH]c1cccc(C#N)c12. The minimum absolute atomic E-state index is 0.600. The van der Waals surface area contributed by atoms with Crippen LogP contribution in [0.15, 0.2) is 36.4 Å². The molecule has 3 heteroatoms. The molecule has 0 saturated carbocycles. The molecule has 1 aromatic heterocycles. The molecule has 1 heterocycles. The van der Waals surface area contributed by atoms with E-state index < -0.39 is 0 Å². The Morgan fingerprint density at radius 2 is 1.59 bits per heavy atom. The molecule has 3 nitrogen and oxygen atoms in total. The molecule has 78 valence electrons. The van der Waals surface area contributed by atoms with E-state index in [1.54, 1.807) is 12.1 Å². The molecule has 0 spiro atoms. The van der Waals surface area contributed by atoms with Crippen LogP contribution in [0.2, 0.25) is 0 Å². The van der Waals surface area contributed by atoms with Crippen molar-refractivity contribution >= 4 is 21.8 Å². The number of hydrogen-bond acceptors (Lipinski definition) is 2. The Labute approximate surface area is 97.5 Å². The lowest BCUT2D eigenvalue weighted by Crippen LogP contribution is -1.76. The molecule has 0 bridgehead atoms. The van der Waals surface area contributed by atoms with Gasteiger partial charge in [-0.05, 0) is 18.2 Å². The zero-order valence-electron chi connectivity index (χ0n) is 8.86. The summed E-state index contributed by atoms with van der Waals surface area (Å²) in [5.74, 6) is 0. The van der Waals surface area contributed by atoms with Gasteiger partial charge in [0.1, 0.15) is 6.07 Å². The minimum atomic E-state index is 0.600. The van der Waals surface area contributed by atoms with E-state index >= 15 is 0 Å². The van der Waals surface area contributed by atoms with Crippen molar-refractivity contribution in [2.24, 2.45) is 0 Å². The van der Waals surface area contributed by atoms with Crippen molar-refractivity contribution in [2.75, 3.05) is 0 Å². The van der Waals surface area contributed by atoms with Gasteiger partial charge in [0.25, 0.3) is 0 Å². The molecule has 0 unspecified atom stereocenters. The van der Waals surface area contributed by atoms with E-state index in [9.17, 15) is 0 Å². The first-order chi connectivity index (χ1) is 8.35. The number of hydrogen-bond donors (Lipinski definition) is 1.